The molecule has 1 aliphatic rings. The molecule has 1 fully saturated rings. The summed E-state index contributed by atoms with van der Waals surface area (Å²) in [5.74, 6) is 0.447. The molecular formula is C20H20N4O4. The third-order valence-corrected chi connectivity index (χ3v) is 5.10. The fraction of sp³-hybridized carbons (Fsp3) is 0.300. The summed E-state index contributed by atoms with van der Waals surface area (Å²) in [6.07, 6.45) is 2.97. The van der Waals surface area contributed by atoms with Gasteiger partial charge in [-0.15, -0.1) is 0 Å². The smallest absolute Gasteiger partial charge is 0.259 e. The summed E-state index contributed by atoms with van der Waals surface area (Å²) in [6.45, 7) is 0.534. The normalized spacial score (nSPS) is 16.5. The van der Waals surface area contributed by atoms with Crippen LogP contribution in [0.25, 0.3) is 10.9 Å². The van der Waals surface area contributed by atoms with Gasteiger partial charge in [0, 0.05) is 25.9 Å². The topological polar surface area (TPSA) is 97.3 Å². The fourth-order valence-electron chi connectivity index (χ4n) is 3.65. The lowest BCUT2D eigenvalue weighted by atomic mass is 10.1. The van der Waals surface area contributed by atoms with Crippen molar-refractivity contribution in [3.05, 3.63) is 68.6 Å². The van der Waals surface area contributed by atoms with Crippen LogP contribution in [0, 0.1) is 0 Å². The Kier molecular flexibility index (Phi) is 4.46. The number of pyridine rings is 1. The van der Waals surface area contributed by atoms with E-state index in [2.05, 4.69) is 9.97 Å². The van der Waals surface area contributed by atoms with Gasteiger partial charge in [-0.05, 0) is 25.0 Å². The standard InChI is InChI=1S/C20H20N4O4/c1-23-11-13(16(28-2)10-17(23)25)20(27)24-9-5-8-15(24)18-21-14-7-4-3-6-12(14)19(26)22-18/h3-4,6-7,10-11,15H,5,8-9H2,1-2H3,(H,21,22,26). The molecule has 1 saturated heterocycles. The number of benzene rings is 1. The van der Waals surface area contributed by atoms with Crippen molar-refractivity contribution in [3.8, 4) is 5.75 Å². The van der Waals surface area contributed by atoms with Gasteiger partial charge in [-0.25, -0.2) is 4.98 Å². The highest BCUT2D eigenvalue weighted by atomic mass is 16.5. The minimum atomic E-state index is -0.341. The number of H-pyrrole nitrogens is 1. The van der Waals surface area contributed by atoms with Crippen LogP contribution >= 0.6 is 0 Å². The van der Waals surface area contributed by atoms with Gasteiger partial charge >= 0.3 is 0 Å². The highest BCUT2D eigenvalue weighted by Gasteiger charge is 2.34. The van der Waals surface area contributed by atoms with E-state index in [9.17, 15) is 14.4 Å². The number of carbonyl (C=O) groups excluding carboxylic acids is 1. The van der Waals surface area contributed by atoms with Crippen LogP contribution < -0.4 is 15.9 Å². The summed E-state index contributed by atoms with van der Waals surface area (Å²) in [5, 5.41) is 0.516. The number of para-hydroxylation sites is 1. The predicted octanol–water partition coefficient (Wildman–Crippen LogP) is 1.61. The Morgan fingerprint density at radius 3 is 2.86 bits per heavy atom. The molecule has 1 unspecified atom stereocenters. The molecule has 8 nitrogen and oxygen atoms in total. The molecule has 3 heterocycles. The molecule has 1 aromatic carbocycles. The van der Waals surface area contributed by atoms with Crippen molar-refractivity contribution in [1.82, 2.24) is 19.4 Å². The number of fused-ring (bicyclic) bond motifs is 1. The van der Waals surface area contributed by atoms with Crippen molar-refractivity contribution >= 4 is 16.8 Å². The average molecular weight is 380 g/mol. The van der Waals surface area contributed by atoms with Crippen molar-refractivity contribution in [2.45, 2.75) is 18.9 Å². The van der Waals surface area contributed by atoms with Crippen molar-refractivity contribution < 1.29 is 9.53 Å². The third kappa shape index (κ3) is 2.96. The number of aryl methyl sites for hydroxylation is 1. The van der Waals surface area contributed by atoms with Crippen LogP contribution in [0.3, 0.4) is 0 Å². The summed E-state index contributed by atoms with van der Waals surface area (Å²) in [7, 11) is 3.01. The van der Waals surface area contributed by atoms with E-state index in [1.807, 2.05) is 6.07 Å². The first kappa shape index (κ1) is 18.0. The van der Waals surface area contributed by atoms with Crippen molar-refractivity contribution in [1.29, 1.82) is 0 Å². The largest absolute Gasteiger partial charge is 0.496 e. The van der Waals surface area contributed by atoms with Gasteiger partial charge in [0.25, 0.3) is 17.0 Å². The van der Waals surface area contributed by atoms with Crippen LogP contribution in [0.4, 0.5) is 0 Å². The number of amides is 1. The highest BCUT2D eigenvalue weighted by Crippen LogP contribution is 2.32. The zero-order chi connectivity index (χ0) is 19.8. The molecule has 3 aromatic rings. The maximum absolute atomic E-state index is 13.2. The average Bonchev–Trinajstić information content (AvgIpc) is 3.19. The zero-order valence-electron chi connectivity index (χ0n) is 15.6. The molecule has 0 saturated carbocycles. The lowest BCUT2D eigenvalue weighted by Crippen LogP contribution is -2.33. The van der Waals surface area contributed by atoms with Crippen LogP contribution in [-0.4, -0.2) is 39.0 Å². The molecule has 1 N–H and O–H groups in total. The molecule has 1 aliphatic heterocycles. The number of hydrogen-bond acceptors (Lipinski definition) is 5. The molecule has 1 atom stereocenters. The third-order valence-electron chi connectivity index (χ3n) is 5.10. The van der Waals surface area contributed by atoms with E-state index in [0.29, 0.717) is 35.3 Å². The first-order valence-corrected chi connectivity index (χ1v) is 9.04. The molecular weight excluding hydrogens is 360 g/mol. The number of methoxy groups -OCH3 is 1. The Balaban J connectivity index is 1.75. The Bertz CT molecular complexity index is 1180. The van der Waals surface area contributed by atoms with Gasteiger partial charge < -0.3 is 19.2 Å². The molecule has 4 rings (SSSR count). The van der Waals surface area contributed by atoms with Crippen molar-refractivity contribution in [2.24, 2.45) is 7.05 Å². The number of nitrogens with one attached hydrogen (secondary N) is 1. The molecule has 1 amide bonds. The van der Waals surface area contributed by atoms with Crippen LogP contribution in [0.1, 0.15) is 35.1 Å². The second-order valence-corrected chi connectivity index (χ2v) is 6.83. The maximum Gasteiger partial charge on any atom is 0.259 e. The van der Waals surface area contributed by atoms with Crippen LogP contribution in [0.15, 0.2) is 46.1 Å². The minimum Gasteiger partial charge on any atom is -0.496 e. The molecule has 144 valence electrons. The predicted molar refractivity (Wildman–Crippen MR) is 104 cm³/mol. The van der Waals surface area contributed by atoms with E-state index < -0.39 is 0 Å². The number of nitrogens with zero attached hydrogens (tertiary/aromatic N) is 3. The number of rotatable bonds is 3. The Labute approximate surface area is 160 Å². The molecule has 0 aliphatic carbocycles. The molecule has 2 aromatic heterocycles. The van der Waals surface area contributed by atoms with Gasteiger partial charge in [0.15, 0.2) is 0 Å². The number of aromatic amines is 1. The summed E-state index contributed by atoms with van der Waals surface area (Å²) < 4.78 is 6.59. The van der Waals surface area contributed by atoms with E-state index in [4.69, 9.17) is 4.74 Å². The van der Waals surface area contributed by atoms with Gasteiger partial charge in [0.1, 0.15) is 11.6 Å². The first-order valence-electron chi connectivity index (χ1n) is 9.04. The second-order valence-electron chi connectivity index (χ2n) is 6.83. The fourth-order valence-corrected chi connectivity index (χ4v) is 3.65. The number of hydrogen-bond donors (Lipinski definition) is 1. The Morgan fingerprint density at radius 2 is 2.07 bits per heavy atom. The Morgan fingerprint density at radius 1 is 1.29 bits per heavy atom. The van der Waals surface area contributed by atoms with E-state index >= 15 is 0 Å². The molecule has 28 heavy (non-hydrogen) atoms. The number of ether oxygens (including phenoxy) is 1. The van der Waals surface area contributed by atoms with E-state index in [-0.39, 0.29) is 28.8 Å². The lowest BCUT2D eigenvalue weighted by molar-refractivity contribution is 0.0725. The summed E-state index contributed by atoms with van der Waals surface area (Å²) >= 11 is 0. The number of aromatic nitrogens is 3. The summed E-state index contributed by atoms with van der Waals surface area (Å²) in [5.41, 5.74) is 0.423. The molecule has 0 bridgehead atoms. The molecule has 0 spiro atoms. The van der Waals surface area contributed by atoms with E-state index in [1.54, 1.807) is 30.1 Å². The second kappa shape index (κ2) is 6.95. The molecule has 0 radical (unpaired) electrons. The number of likely N-dealkylation sites (tertiary alicyclic amines) is 1. The van der Waals surface area contributed by atoms with E-state index in [1.165, 1.54) is 23.9 Å². The lowest BCUT2D eigenvalue weighted by Gasteiger charge is -2.25. The first-order chi connectivity index (χ1) is 13.5. The van der Waals surface area contributed by atoms with Gasteiger partial charge in [-0.1, -0.05) is 12.1 Å². The maximum atomic E-state index is 13.2. The van der Waals surface area contributed by atoms with Crippen molar-refractivity contribution in [3.63, 3.8) is 0 Å². The van der Waals surface area contributed by atoms with Gasteiger partial charge in [-0.3, -0.25) is 14.4 Å². The number of carbonyl (C=O) groups is 1. The monoisotopic (exact) mass is 380 g/mol. The van der Waals surface area contributed by atoms with Crippen LogP contribution in [0.2, 0.25) is 0 Å². The van der Waals surface area contributed by atoms with Gasteiger partial charge in [-0.2, -0.15) is 0 Å². The zero-order valence-corrected chi connectivity index (χ0v) is 15.6. The van der Waals surface area contributed by atoms with Crippen LogP contribution in [0.5, 0.6) is 5.75 Å². The Hall–Kier alpha value is -3.42. The SMILES string of the molecule is COc1cc(=O)n(C)cc1C(=O)N1CCCC1c1nc2ccccc2c(=O)[nH]1. The summed E-state index contributed by atoms with van der Waals surface area (Å²) in [6, 6.07) is 8.07. The van der Waals surface area contributed by atoms with Crippen molar-refractivity contribution in [2.75, 3.05) is 13.7 Å². The van der Waals surface area contributed by atoms with Crippen LogP contribution in [-0.2, 0) is 7.05 Å². The summed E-state index contributed by atoms with van der Waals surface area (Å²) in [4.78, 5) is 46.6. The minimum absolute atomic E-state index is 0.223. The quantitative estimate of drug-likeness (QED) is 0.744. The highest BCUT2D eigenvalue weighted by molar-refractivity contribution is 5.97. The van der Waals surface area contributed by atoms with Gasteiger partial charge in [0.05, 0.1) is 29.6 Å². The molecule has 8 heteroatoms. The van der Waals surface area contributed by atoms with Gasteiger partial charge in [0.2, 0.25) is 0 Å². The van der Waals surface area contributed by atoms with E-state index in [0.717, 1.165) is 6.42 Å².